The van der Waals surface area contributed by atoms with E-state index in [4.69, 9.17) is 4.18 Å². The Kier molecular flexibility index (Phi) is 5.46. The van der Waals surface area contributed by atoms with Crippen LogP contribution in [0.3, 0.4) is 0 Å². The number of thioether (sulfide) groups is 1. The van der Waals surface area contributed by atoms with Crippen LogP contribution in [0.2, 0.25) is 0 Å². The minimum Gasteiger partial charge on any atom is -0.288 e. The van der Waals surface area contributed by atoms with Crippen LogP contribution in [-0.2, 0) is 19.1 Å². The number of aryl methyl sites for hydroxylation is 1. The maximum atomic E-state index is 12.2. The predicted molar refractivity (Wildman–Crippen MR) is 83.8 cm³/mol. The summed E-state index contributed by atoms with van der Waals surface area (Å²) in [6.07, 6.45) is 2.71. The molecular weight excluding hydrogens is 308 g/mol. The fourth-order valence-electron chi connectivity index (χ4n) is 2.42. The van der Waals surface area contributed by atoms with Crippen molar-refractivity contribution in [1.82, 2.24) is 0 Å². The van der Waals surface area contributed by atoms with Crippen molar-refractivity contribution in [2.24, 2.45) is 0 Å². The molecule has 1 aliphatic carbocycles. The molecule has 116 valence electrons. The monoisotopic (exact) mass is 328 g/mol. The van der Waals surface area contributed by atoms with E-state index in [9.17, 15) is 13.2 Å². The molecule has 1 aliphatic rings. The van der Waals surface area contributed by atoms with Crippen molar-refractivity contribution in [3.05, 3.63) is 29.8 Å². The highest BCUT2D eigenvalue weighted by Crippen LogP contribution is 2.31. The van der Waals surface area contributed by atoms with E-state index < -0.39 is 10.1 Å². The maximum Gasteiger partial charge on any atom is 0.297 e. The molecule has 0 aromatic heterocycles. The number of carbonyl (C=O) groups excluding carboxylic acids is 1. The molecule has 1 fully saturated rings. The molecule has 0 amide bonds. The van der Waals surface area contributed by atoms with Crippen molar-refractivity contribution in [3.8, 4) is 0 Å². The van der Waals surface area contributed by atoms with Crippen LogP contribution < -0.4 is 0 Å². The van der Waals surface area contributed by atoms with Crippen molar-refractivity contribution < 1.29 is 17.4 Å². The molecule has 1 aromatic rings. The Bertz CT molecular complexity index is 585. The third-order valence-electron chi connectivity index (χ3n) is 3.53. The highest BCUT2D eigenvalue weighted by atomic mass is 32.2. The Balaban J connectivity index is 1.93. The Labute approximate surface area is 130 Å². The summed E-state index contributed by atoms with van der Waals surface area (Å²) < 4.78 is 29.7. The van der Waals surface area contributed by atoms with E-state index in [1.807, 2.05) is 6.92 Å². The third kappa shape index (κ3) is 4.83. The molecule has 21 heavy (non-hydrogen) atoms. The van der Waals surface area contributed by atoms with Crippen LogP contribution in [0.5, 0.6) is 0 Å². The molecular formula is C15H20O4S2. The van der Waals surface area contributed by atoms with Crippen molar-refractivity contribution in [2.45, 2.75) is 55.8 Å². The van der Waals surface area contributed by atoms with Crippen molar-refractivity contribution in [1.29, 1.82) is 0 Å². The lowest BCUT2D eigenvalue weighted by molar-refractivity contribution is -0.109. The molecule has 1 saturated carbocycles. The first-order chi connectivity index (χ1) is 9.87. The second kappa shape index (κ2) is 6.94. The van der Waals surface area contributed by atoms with Gasteiger partial charge in [-0.2, -0.15) is 8.42 Å². The normalized spacial score (nSPS) is 23.0. The van der Waals surface area contributed by atoms with Gasteiger partial charge >= 0.3 is 0 Å². The van der Waals surface area contributed by atoms with Crippen LogP contribution in [0.15, 0.2) is 29.2 Å². The molecule has 0 N–H and O–H groups in total. The summed E-state index contributed by atoms with van der Waals surface area (Å²) >= 11 is 1.35. The van der Waals surface area contributed by atoms with Crippen LogP contribution in [0.1, 0.15) is 38.2 Å². The van der Waals surface area contributed by atoms with Gasteiger partial charge < -0.3 is 0 Å². The van der Waals surface area contributed by atoms with Gasteiger partial charge in [0.15, 0.2) is 5.12 Å². The van der Waals surface area contributed by atoms with Crippen LogP contribution >= 0.6 is 11.8 Å². The second-order valence-corrected chi connectivity index (χ2v) is 8.42. The minimum absolute atomic E-state index is 0.117. The molecule has 1 aromatic carbocycles. The highest BCUT2D eigenvalue weighted by molar-refractivity contribution is 8.14. The quantitative estimate of drug-likeness (QED) is 0.794. The van der Waals surface area contributed by atoms with Gasteiger partial charge in [-0.3, -0.25) is 8.98 Å². The molecule has 4 nitrogen and oxygen atoms in total. The summed E-state index contributed by atoms with van der Waals surface area (Å²) in [6, 6.07) is 6.66. The van der Waals surface area contributed by atoms with E-state index in [1.54, 1.807) is 31.2 Å². The molecule has 0 atom stereocenters. The van der Waals surface area contributed by atoms with E-state index >= 15 is 0 Å². The van der Waals surface area contributed by atoms with Gasteiger partial charge in [-0.15, -0.1) is 0 Å². The van der Waals surface area contributed by atoms with Gasteiger partial charge in [0.05, 0.1) is 11.0 Å². The van der Waals surface area contributed by atoms with Crippen LogP contribution in [-0.4, -0.2) is 24.9 Å². The minimum atomic E-state index is -3.69. The summed E-state index contributed by atoms with van der Waals surface area (Å²) in [6.45, 7) is 3.47. The molecule has 0 unspecified atom stereocenters. The molecule has 6 heteroatoms. The zero-order valence-corrected chi connectivity index (χ0v) is 13.9. The third-order valence-corrected chi connectivity index (χ3v) is 6.04. The van der Waals surface area contributed by atoms with Crippen molar-refractivity contribution in [3.63, 3.8) is 0 Å². The van der Waals surface area contributed by atoms with Gasteiger partial charge in [0.25, 0.3) is 10.1 Å². The summed E-state index contributed by atoms with van der Waals surface area (Å²) in [5, 5.41) is 0.413. The fraction of sp³-hybridized carbons (Fsp3) is 0.533. The van der Waals surface area contributed by atoms with Gasteiger partial charge in [0.2, 0.25) is 0 Å². The standard InChI is InChI=1S/C15H20O4S2/c1-11-3-9-15(10-4-11)21(17,18)19-13-5-7-14(8-6-13)20-12(2)16/h3-4,9-10,13-14H,5-8H2,1-2H3. The van der Waals surface area contributed by atoms with Gasteiger partial charge in [-0.1, -0.05) is 29.5 Å². The Morgan fingerprint density at radius 3 is 2.24 bits per heavy atom. The molecule has 0 aliphatic heterocycles. The van der Waals surface area contributed by atoms with Gasteiger partial charge in [0.1, 0.15) is 0 Å². The number of hydrogen-bond donors (Lipinski definition) is 0. The van der Waals surface area contributed by atoms with E-state index in [0.29, 0.717) is 18.1 Å². The van der Waals surface area contributed by atoms with E-state index in [1.165, 1.54) is 11.8 Å². The molecule has 0 saturated heterocycles. The highest BCUT2D eigenvalue weighted by Gasteiger charge is 2.27. The lowest BCUT2D eigenvalue weighted by Crippen LogP contribution is -2.26. The van der Waals surface area contributed by atoms with Crippen LogP contribution in [0, 0.1) is 6.92 Å². The van der Waals surface area contributed by atoms with Gasteiger partial charge in [-0.25, -0.2) is 0 Å². The Hall–Kier alpha value is -0.850. The summed E-state index contributed by atoms with van der Waals surface area (Å²) in [5.41, 5.74) is 1.01. The zero-order valence-electron chi connectivity index (χ0n) is 12.2. The average molecular weight is 328 g/mol. The Morgan fingerprint density at radius 2 is 1.71 bits per heavy atom. The van der Waals surface area contributed by atoms with Crippen LogP contribution in [0.4, 0.5) is 0 Å². The first-order valence-corrected chi connectivity index (χ1v) is 9.33. The fourth-order valence-corrected chi connectivity index (χ4v) is 4.53. The summed E-state index contributed by atoms with van der Waals surface area (Å²) in [5.74, 6) is 0. The number of benzene rings is 1. The van der Waals surface area contributed by atoms with E-state index in [2.05, 4.69) is 0 Å². The largest absolute Gasteiger partial charge is 0.297 e. The predicted octanol–water partition coefficient (Wildman–Crippen LogP) is 3.29. The van der Waals surface area contributed by atoms with E-state index in [0.717, 1.165) is 18.4 Å². The number of hydrogen-bond acceptors (Lipinski definition) is 5. The molecule has 0 spiro atoms. The average Bonchev–Trinajstić information content (AvgIpc) is 2.40. The summed E-state index contributed by atoms with van der Waals surface area (Å²) in [4.78, 5) is 11.3. The molecule has 2 rings (SSSR count). The Morgan fingerprint density at radius 1 is 1.14 bits per heavy atom. The van der Waals surface area contributed by atoms with E-state index in [-0.39, 0.29) is 16.1 Å². The SMILES string of the molecule is CC(=O)SC1CCC(OS(=O)(=O)c2ccc(C)cc2)CC1. The first-order valence-electron chi connectivity index (χ1n) is 7.04. The van der Waals surface area contributed by atoms with Crippen molar-refractivity contribution in [2.75, 3.05) is 0 Å². The lowest BCUT2D eigenvalue weighted by Gasteiger charge is -2.26. The van der Waals surface area contributed by atoms with Gasteiger partial charge in [-0.05, 0) is 44.7 Å². The first kappa shape index (κ1) is 16.5. The maximum absolute atomic E-state index is 12.2. The summed E-state index contributed by atoms with van der Waals surface area (Å²) in [7, 11) is -3.69. The molecule has 0 bridgehead atoms. The van der Waals surface area contributed by atoms with Gasteiger partial charge in [0, 0.05) is 12.2 Å². The number of rotatable bonds is 4. The van der Waals surface area contributed by atoms with Crippen LogP contribution in [0.25, 0.3) is 0 Å². The topological polar surface area (TPSA) is 60.4 Å². The number of carbonyl (C=O) groups is 1. The smallest absolute Gasteiger partial charge is 0.288 e. The van der Waals surface area contributed by atoms with Crippen molar-refractivity contribution >= 4 is 27.0 Å². The lowest BCUT2D eigenvalue weighted by atomic mass is 9.97. The zero-order chi connectivity index (χ0) is 15.5. The second-order valence-electron chi connectivity index (χ2n) is 5.37. The molecule has 0 heterocycles. The molecule has 0 radical (unpaired) electrons.